The molecule has 0 saturated carbocycles. The average molecular weight is 334 g/mol. The maximum absolute atomic E-state index is 5.60. The van der Waals surface area contributed by atoms with Crippen molar-refractivity contribution >= 4 is 36.4 Å². The number of piperazine rings is 1. The normalized spacial score (nSPS) is 15.6. The highest BCUT2D eigenvalue weighted by molar-refractivity contribution is 5.85. The van der Waals surface area contributed by atoms with Crippen LogP contribution in [0.2, 0.25) is 0 Å². The molecule has 118 valence electrons. The minimum Gasteiger partial charge on any atom is -0.354 e. The molecule has 21 heavy (non-hydrogen) atoms. The van der Waals surface area contributed by atoms with Crippen LogP contribution in [0, 0.1) is 6.92 Å². The fraction of sp³-hybridized carbons (Fsp3) is 0.583. The summed E-state index contributed by atoms with van der Waals surface area (Å²) in [4.78, 5) is 13.3. The van der Waals surface area contributed by atoms with E-state index in [1.807, 2.05) is 11.4 Å². The summed E-state index contributed by atoms with van der Waals surface area (Å²) in [7, 11) is 0. The molecule has 0 unspecified atom stereocenters. The van der Waals surface area contributed by atoms with Gasteiger partial charge in [0.15, 0.2) is 0 Å². The van der Waals surface area contributed by atoms with E-state index in [0.717, 1.165) is 50.8 Å². The van der Waals surface area contributed by atoms with Gasteiger partial charge >= 0.3 is 0 Å². The fourth-order valence-corrected chi connectivity index (χ4v) is 2.52. The predicted molar refractivity (Wildman–Crippen MR) is 87.7 cm³/mol. The molecular formula is C12H21Cl2N7. The van der Waals surface area contributed by atoms with Crippen LogP contribution in [-0.4, -0.2) is 63.8 Å². The van der Waals surface area contributed by atoms with Crippen LogP contribution in [0.1, 0.15) is 5.69 Å². The number of aryl methyl sites for hydroxylation is 1. The summed E-state index contributed by atoms with van der Waals surface area (Å²) in [5, 5.41) is 4.26. The Kier molecular flexibility index (Phi) is 6.60. The van der Waals surface area contributed by atoms with Gasteiger partial charge in [-0.15, -0.1) is 24.8 Å². The highest BCUT2D eigenvalue weighted by Gasteiger charge is 2.19. The molecule has 2 aromatic heterocycles. The summed E-state index contributed by atoms with van der Waals surface area (Å²) in [5.74, 6) is 1.74. The van der Waals surface area contributed by atoms with E-state index in [9.17, 15) is 0 Å². The number of anilines is 1. The Morgan fingerprint density at radius 1 is 1.19 bits per heavy atom. The quantitative estimate of drug-likeness (QED) is 0.873. The molecule has 9 heteroatoms. The number of rotatable bonds is 3. The largest absolute Gasteiger partial charge is 0.354 e. The van der Waals surface area contributed by atoms with Gasteiger partial charge in [0.1, 0.15) is 12.1 Å². The third-order valence-corrected chi connectivity index (χ3v) is 3.50. The van der Waals surface area contributed by atoms with E-state index in [4.69, 9.17) is 5.73 Å². The predicted octanol–water partition coefficient (Wildman–Crippen LogP) is 0.357. The van der Waals surface area contributed by atoms with Gasteiger partial charge in [0.05, 0.1) is 0 Å². The van der Waals surface area contributed by atoms with Gasteiger partial charge in [0, 0.05) is 51.0 Å². The number of fused-ring (bicyclic) bond motifs is 1. The molecule has 7 nitrogen and oxygen atoms in total. The second-order valence-electron chi connectivity index (χ2n) is 4.84. The first-order valence-electron chi connectivity index (χ1n) is 6.62. The Morgan fingerprint density at radius 3 is 2.57 bits per heavy atom. The first kappa shape index (κ1) is 17.9. The van der Waals surface area contributed by atoms with Gasteiger partial charge in [-0.2, -0.15) is 14.6 Å². The van der Waals surface area contributed by atoms with Crippen LogP contribution in [0.15, 0.2) is 12.4 Å². The molecule has 0 spiro atoms. The second kappa shape index (κ2) is 7.74. The monoisotopic (exact) mass is 333 g/mol. The molecule has 1 aliphatic heterocycles. The molecule has 0 radical (unpaired) electrons. The van der Waals surface area contributed by atoms with Crippen molar-refractivity contribution in [2.75, 3.05) is 44.2 Å². The molecule has 0 aliphatic carbocycles. The Morgan fingerprint density at radius 2 is 1.90 bits per heavy atom. The Bertz CT molecular complexity index is 566. The number of hydrogen-bond donors (Lipinski definition) is 1. The minimum absolute atomic E-state index is 0. The Labute approximate surface area is 136 Å². The molecule has 0 bridgehead atoms. The standard InChI is InChI=1S/C12H19N7.2ClH/c1-10-8-11(19-12(16-10)14-9-15-19)18-6-4-17(3-2-13)5-7-18;;/h8-9H,2-7,13H2,1H3;2*1H. The lowest BCUT2D eigenvalue weighted by atomic mass is 10.3. The summed E-state index contributed by atoms with van der Waals surface area (Å²) >= 11 is 0. The summed E-state index contributed by atoms with van der Waals surface area (Å²) in [6.07, 6.45) is 1.55. The van der Waals surface area contributed by atoms with Gasteiger partial charge in [0.25, 0.3) is 5.78 Å². The van der Waals surface area contributed by atoms with Crippen molar-refractivity contribution in [2.45, 2.75) is 6.92 Å². The SMILES string of the molecule is Cc1cc(N2CCN(CCN)CC2)n2ncnc2n1.Cl.Cl. The molecule has 0 aromatic carbocycles. The highest BCUT2D eigenvalue weighted by Crippen LogP contribution is 2.17. The summed E-state index contributed by atoms with van der Waals surface area (Å²) < 4.78 is 1.81. The molecule has 2 N–H and O–H groups in total. The van der Waals surface area contributed by atoms with Crippen LogP contribution in [0.25, 0.3) is 5.78 Å². The lowest BCUT2D eigenvalue weighted by Gasteiger charge is -2.35. The van der Waals surface area contributed by atoms with Gasteiger partial charge in [0.2, 0.25) is 0 Å². The number of aromatic nitrogens is 4. The maximum Gasteiger partial charge on any atom is 0.254 e. The molecule has 3 heterocycles. The van der Waals surface area contributed by atoms with Crippen molar-refractivity contribution in [2.24, 2.45) is 5.73 Å². The van der Waals surface area contributed by atoms with Crippen molar-refractivity contribution in [1.82, 2.24) is 24.5 Å². The third-order valence-electron chi connectivity index (χ3n) is 3.50. The van der Waals surface area contributed by atoms with Gasteiger partial charge in [-0.1, -0.05) is 0 Å². The lowest BCUT2D eigenvalue weighted by Crippen LogP contribution is -2.48. The van der Waals surface area contributed by atoms with E-state index in [1.165, 1.54) is 0 Å². The highest BCUT2D eigenvalue weighted by atomic mass is 35.5. The number of halogens is 2. The van der Waals surface area contributed by atoms with Gasteiger partial charge < -0.3 is 10.6 Å². The fourth-order valence-electron chi connectivity index (χ4n) is 2.52. The molecule has 3 rings (SSSR count). The smallest absolute Gasteiger partial charge is 0.254 e. The van der Waals surface area contributed by atoms with Gasteiger partial charge in [-0.05, 0) is 6.92 Å². The van der Waals surface area contributed by atoms with Crippen molar-refractivity contribution < 1.29 is 0 Å². The van der Waals surface area contributed by atoms with Crippen molar-refractivity contribution in [3.8, 4) is 0 Å². The zero-order chi connectivity index (χ0) is 13.2. The van der Waals surface area contributed by atoms with Crippen LogP contribution >= 0.6 is 24.8 Å². The van der Waals surface area contributed by atoms with Crippen molar-refractivity contribution in [1.29, 1.82) is 0 Å². The molecule has 1 saturated heterocycles. The summed E-state index contributed by atoms with van der Waals surface area (Å²) in [5.41, 5.74) is 6.57. The summed E-state index contributed by atoms with van der Waals surface area (Å²) in [6.45, 7) is 7.73. The Hall–Kier alpha value is -1.15. The molecule has 2 aromatic rings. The number of nitrogens with two attached hydrogens (primary N) is 1. The van der Waals surface area contributed by atoms with Crippen LogP contribution in [0.5, 0.6) is 0 Å². The van der Waals surface area contributed by atoms with E-state index >= 15 is 0 Å². The van der Waals surface area contributed by atoms with Crippen LogP contribution in [0.4, 0.5) is 5.82 Å². The zero-order valence-corrected chi connectivity index (χ0v) is 13.6. The summed E-state index contributed by atoms with van der Waals surface area (Å²) in [6, 6.07) is 2.07. The first-order chi connectivity index (χ1) is 9.28. The molecule has 0 amide bonds. The second-order valence-corrected chi connectivity index (χ2v) is 4.84. The molecule has 1 fully saturated rings. The van der Waals surface area contributed by atoms with Gasteiger partial charge in [-0.25, -0.2) is 4.98 Å². The van der Waals surface area contributed by atoms with E-state index in [-0.39, 0.29) is 24.8 Å². The molecule has 1 aliphatic rings. The zero-order valence-electron chi connectivity index (χ0n) is 12.0. The van der Waals surface area contributed by atoms with E-state index < -0.39 is 0 Å². The first-order valence-corrected chi connectivity index (χ1v) is 6.62. The minimum atomic E-state index is 0. The number of hydrogen-bond acceptors (Lipinski definition) is 6. The van der Waals surface area contributed by atoms with E-state index in [1.54, 1.807) is 6.33 Å². The van der Waals surface area contributed by atoms with Crippen molar-refractivity contribution in [3.05, 3.63) is 18.1 Å². The maximum atomic E-state index is 5.60. The Balaban J connectivity index is 0.00000110. The molecular weight excluding hydrogens is 313 g/mol. The number of nitrogens with zero attached hydrogens (tertiary/aromatic N) is 6. The van der Waals surface area contributed by atoms with Crippen molar-refractivity contribution in [3.63, 3.8) is 0 Å². The average Bonchev–Trinajstić information content (AvgIpc) is 2.87. The van der Waals surface area contributed by atoms with Crippen LogP contribution in [-0.2, 0) is 0 Å². The topological polar surface area (TPSA) is 75.6 Å². The molecule has 0 atom stereocenters. The third kappa shape index (κ3) is 3.74. The lowest BCUT2D eigenvalue weighted by molar-refractivity contribution is 0.264. The van der Waals surface area contributed by atoms with E-state index in [0.29, 0.717) is 5.78 Å². The van der Waals surface area contributed by atoms with Gasteiger partial charge in [-0.3, -0.25) is 4.90 Å². The van der Waals surface area contributed by atoms with E-state index in [2.05, 4.69) is 30.9 Å². The van der Waals surface area contributed by atoms with Crippen LogP contribution < -0.4 is 10.6 Å². The van der Waals surface area contributed by atoms with Crippen LogP contribution in [0.3, 0.4) is 0 Å².